The summed E-state index contributed by atoms with van der Waals surface area (Å²) in [5.41, 5.74) is 2.64. The van der Waals surface area contributed by atoms with Crippen LogP contribution in [0.2, 0.25) is 0 Å². The van der Waals surface area contributed by atoms with Gasteiger partial charge in [-0.15, -0.1) is 0 Å². The first kappa shape index (κ1) is 27.9. The molecule has 0 saturated heterocycles. The molecule has 0 aliphatic heterocycles. The molecule has 5 rings (SSSR count). The van der Waals surface area contributed by atoms with Crippen LogP contribution in [0.25, 0.3) is 22.3 Å². The minimum absolute atomic E-state index is 0.0783. The number of benzene rings is 4. The van der Waals surface area contributed by atoms with Gasteiger partial charge in [0, 0.05) is 30.8 Å². The number of carbonyl (C=O) groups excluding carboxylic acids is 1. The van der Waals surface area contributed by atoms with Crippen LogP contribution in [0.15, 0.2) is 124 Å². The van der Waals surface area contributed by atoms with Crippen LogP contribution < -0.4 is 10.2 Å². The van der Waals surface area contributed by atoms with Gasteiger partial charge in [0.05, 0.1) is 10.9 Å². The molecule has 208 valence electrons. The molecule has 0 aliphatic rings. The molecule has 1 aromatic heterocycles. The van der Waals surface area contributed by atoms with Gasteiger partial charge in [-0.2, -0.15) is 0 Å². The van der Waals surface area contributed by atoms with E-state index in [1.54, 1.807) is 42.5 Å². The van der Waals surface area contributed by atoms with E-state index in [2.05, 4.69) is 30.9 Å². The van der Waals surface area contributed by atoms with Crippen molar-refractivity contribution in [2.45, 2.75) is 32.5 Å². The van der Waals surface area contributed by atoms with Gasteiger partial charge < -0.3 is 13.9 Å². The van der Waals surface area contributed by atoms with Gasteiger partial charge in [-0.25, -0.2) is 4.79 Å². The second-order valence-electron chi connectivity index (χ2n) is 10.2. The molecule has 0 spiro atoms. The third-order valence-electron chi connectivity index (χ3n) is 6.88. The highest BCUT2D eigenvalue weighted by Crippen LogP contribution is 2.29. The number of fused-ring (bicyclic) bond motifs is 1. The molecule has 0 N–H and O–H groups in total. The summed E-state index contributed by atoms with van der Waals surface area (Å²) in [4.78, 5) is 28.3. The lowest BCUT2D eigenvalue weighted by molar-refractivity contribution is 0.00115. The van der Waals surface area contributed by atoms with Gasteiger partial charge in [-0.05, 0) is 43.7 Å². The second kappa shape index (κ2) is 13.1. The van der Waals surface area contributed by atoms with E-state index in [4.69, 9.17) is 13.9 Å². The van der Waals surface area contributed by atoms with E-state index in [9.17, 15) is 9.59 Å². The summed E-state index contributed by atoms with van der Waals surface area (Å²) in [6.45, 7) is 5.46. The molecule has 1 heterocycles. The van der Waals surface area contributed by atoms with Gasteiger partial charge in [0.15, 0.2) is 16.8 Å². The minimum atomic E-state index is -0.590. The fraction of sp³-hybridized carbons (Fsp3) is 0.200. The Labute approximate surface area is 239 Å². The molecule has 4 aromatic carbocycles. The molecule has 6 nitrogen and oxygen atoms in total. The maximum absolute atomic E-state index is 13.1. The molecule has 1 atom stereocenters. The van der Waals surface area contributed by atoms with Gasteiger partial charge in [0.2, 0.25) is 0 Å². The monoisotopic (exact) mass is 547 g/mol. The summed E-state index contributed by atoms with van der Waals surface area (Å²) in [6.07, 6.45) is -0.590. The topological polar surface area (TPSA) is 69.0 Å². The van der Waals surface area contributed by atoms with Crippen LogP contribution in [0, 0.1) is 0 Å². The van der Waals surface area contributed by atoms with Crippen LogP contribution in [0.1, 0.15) is 29.8 Å². The van der Waals surface area contributed by atoms with E-state index in [1.807, 2.05) is 54.6 Å². The van der Waals surface area contributed by atoms with Crippen LogP contribution in [0.5, 0.6) is 5.75 Å². The van der Waals surface area contributed by atoms with Crippen molar-refractivity contribution in [1.29, 1.82) is 0 Å². The van der Waals surface area contributed by atoms with Gasteiger partial charge in [0.1, 0.15) is 18.5 Å². The van der Waals surface area contributed by atoms with Crippen LogP contribution in [0.4, 0.5) is 0 Å². The van der Waals surface area contributed by atoms with E-state index in [0.717, 1.165) is 5.56 Å². The van der Waals surface area contributed by atoms with Crippen LogP contribution in [-0.2, 0) is 11.3 Å². The zero-order valence-electron chi connectivity index (χ0n) is 23.2. The molecule has 5 aromatic rings. The second-order valence-corrected chi connectivity index (χ2v) is 10.2. The number of nitrogens with zero attached hydrogens (tertiary/aromatic N) is 1. The molecule has 1 unspecified atom stereocenters. The van der Waals surface area contributed by atoms with Gasteiger partial charge in [-0.3, -0.25) is 9.69 Å². The smallest absolute Gasteiger partial charge is 0.338 e. The van der Waals surface area contributed by atoms with Gasteiger partial charge in [-0.1, -0.05) is 84.9 Å². The molecule has 0 aliphatic carbocycles. The fourth-order valence-electron chi connectivity index (χ4n) is 4.65. The lowest BCUT2D eigenvalue weighted by atomic mass is 10.1. The molecule has 41 heavy (non-hydrogen) atoms. The van der Waals surface area contributed by atoms with Crippen molar-refractivity contribution in [2.24, 2.45) is 0 Å². The number of ether oxygens (including phenoxy) is 2. The van der Waals surface area contributed by atoms with E-state index >= 15 is 0 Å². The SMILES string of the molecule is CC(C)N(Cc1ccccc1)CC(COc1cccc2c(=O)cc(-c3ccccc3)oc12)OC(=O)c1ccccc1. The van der Waals surface area contributed by atoms with E-state index in [0.29, 0.717) is 41.1 Å². The number of rotatable bonds is 11. The normalized spacial score (nSPS) is 12.0. The molecular weight excluding hydrogens is 514 g/mol. The predicted octanol–water partition coefficient (Wildman–Crippen LogP) is 6.98. The minimum Gasteiger partial charge on any atom is -0.486 e. The summed E-state index contributed by atoms with van der Waals surface area (Å²) in [6, 6.07) is 35.5. The third kappa shape index (κ3) is 7.10. The van der Waals surface area contributed by atoms with Crippen LogP contribution in [-0.4, -0.2) is 36.2 Å². The summed E-state index contributed by atoms with van der Waals surface area (Å²) < 4.78 is 18.5. The van der Waals surface area contributed by atoms with Crippen LogP contribution >= 0.6 is 0 Å². The first-order chi connectivity index (χ1) is 20.0. The molecule has 0 bridgehead atoms. The van der Waals surface area contributed by atoms with Crippen molar-refractivity contribution in [3.05, 3.63) is 137 Å². The maximum atomic E-state index is 13.1. The van der Waals surface area contributed by atoms with Crippen molar-refractivity contribution in [2.75, 3.05) is 13.2 Å². The Bertz CT molecular complexity index is 1630. The van der Waals surface area contributed by atoms with Crippen molar-refractivity contribution in [1.82, 2.24) is 4.90 Å². The number of para-hydroxylation sites is 1. The Morgan fingerprint density at radius 2 is 1.49 bits per heavy atom. The lowest BCUT2D eigenvalue weighted by Crippen LogP contribution is -2.41. The Hall–Kier alpha value is -4.68. The van der Waals surface area contributed by atoms with Crippen molar-refractivity contribution < 1.29 is 18.7 Å². The zero-order chi connectivity index (χ0) is 28.6. The number of esters is 1. The predicted molar refractivity (Wildman–Crippen MR) is 161 cm³/mol. The number of carbonyl (C=O) groups is 1. The van der Waals surface area contributed by atoms with E-state index in [1.165, 1.54) is 11.6 Å². The van der Waals surface area contributed by atoms with Gasteiger partial charge in [0.25, 0.3) is 0 Å². The Morgan fingerprint density at radius 1 is 0.829 bits per heavy atom. The summed E-state index contributed by atoms with van der Waals surface area (Å²) >= 11 is 0. The third-order valence-corrected chi connectivity index (χ3v) is 6.88. The molecule has 6 heteroatoms. The summed E-state index contributed by atoms with van der Waals surface area (Å²) in [7, 11) is 0. The quantitative estimate of drug-likeness (QED) is 0.166. The van der Waals surface area contributed by atoms with Crippen LogP contribution in [0.3, 0.4) is 0 Å². The fourth-order valence-corrected chi connectivity index (χ4v) is 4.65. The molecule has 0 radical (unpaired) electrons. The van der Waals surface area contributed by atoms with Gasteiger partial charge >= 0.3 is 5.97 Å². The first-order valence-corrected chi connectivity index (χ1v) is 13.8. The number of hydrogen-bond acceptors (Lipinski definition) is 6. The highest BCUT2D eigenvalue weighted by molar-refractivity contribution is 5.89. The van der Waals surface area contributed by atoms with Crippen molar-refractivity contribution in [3.8, 4) is 17.1 Å². The zero-order valence-corrected chi connectivity index (χ0v) is 23.2. The maximum Gasteiger partial charge on any atom is 0.338 e. The molecule has 0 fully saturated rings. The first-order valence-electron chi connectivity index (χ1n) is 13.8. The highest BCUT2D eigenvalue weighted by Gasteiger charge is 2.23. The molecule has 0 amide bonds. The Morgan fingerprint density at radius 3 is 2.17 bits per heavy atom. The Kier molecular flexibility index (Phi) is 8.92. The summed E-state index contributed by atoms with van der Waals surface area (Å²) in [5, 5.41) is 0.424. The van der Waals surface area contributed by atoms with E-state index in [-0.39, 0.29) is 18.1 Å². The van der Waals surface area contributed by atoms with Crippen molar-refractivity contribution >= 4 is 16.9 Å². The molecule has 0 saturated carbocycles. The summed E-state index contributed by atoms with van der Waals surface area (Å²) in [5.74, 6) is 0.454. The lowest BCUT2D eigenvalue weighted by Gasteiger charge is -2.30. The Balaban J connectivity index is 1.42. The standard InChI is InChI=1S/C35H33NO5/c1-25(2)36(22-26-13-6-3-7-14-26)23-29(40-35(38)28-17-10-5-11-18-28)24-39-32-20-12-19-30-31(37)21-33(41-34(30)32)27-15-8-4-9-16-27/h3-21,25,29H,22-24H2,1-2H3. The largest absolute Gasteiger partial charge is 0.486 e. The number of hydrogen-bond donors (Lipinski definition) is 0. The average Bonchev–Trinajstić information content (AvgIpc) is 3.00. The molecular formula is C35H33NO5. The highest BCUT2D eigenvalue weighted by atomic mass is 16.6. The van der Waals surface area contributed by atoms with Crippen molar-refractivity contribution in [3.63, 3.8) is 0 Å². The average molecular weight is 548 g/mol. The van der Waals surface area contributed by atoms with E-state index < -0.39 is 12.1 Å².